The molecule has 6 rings (SSSR count). The van der Waals surface area contributed by atoms with Crippen LogP contribution in [-0.4, -0.2) is 132 Å². The Morgan fingerprint density at radius 2 is 1.67 bits per heavy atom. The first kappa shape index (κ1) is 46.1. The Morgan fingerprint density at radius 3 is 2.21 bits per heavy atom. The van der Waals surface area contributed by atoms with E-state index in [1.807, 2.05) is 13.8 Å². The molecule has 2 heterocycles. The standard InChI is InChI=1S/C44H60N2O15/c1-21(2)18-25(45-38(53)40(5,6)7)29(49)37(52)56-30-22(3)28-31(61-46(11)12)33(50)42(10)26(48)19-27-43(20-55-27,59-23(4)47)32(42)35(57-36(51)24-16-14-13-15-17-24)44(41(28,8)9)34(30)58-39(54)60-44/h13-17,21,25-27,29-32,34-35,48-49H,18-20H2,1-12H3,(H,45,53)/t25-,26-,27+,29+,30+,31+,32-,34-,35-,42+,43-,44+/m0/s1. The third kappa shape index (κ3) is 7.43. The second-order valence-electron chi connectivity index (χ2n) is 19.4. The van der Waals surface area contributed by atoms with Crippen LogP contribution in [0.2, 0.25) is 0 Å². The normalized spacial score (nSPS) is 34.9. The zero-order chi connectivity index (χ0) is 45.4. The number of amides is 1. The number of esters is 3. The summed E-state index contributed by atoms with van der Waals surface area (Å²) in [5.41, 5.74) is -8.07. The van der Waals surface area contributed by atoms with Gasteiger partial charge in [-0.2, -0.15) is 5.06 Å². The summed E-state index contributed by atoms with van der Waals surface area (Å²) < 4.78 is 37.3. The number of carbonyl (C=O) groups is 6. The highest BCUT2D eigenvalue weighted by Gasteiger charge is 2.83. The monoisotopic (exact) mass is 856 g/mol. The van der Waals surface area contributed by atoms with E-state index in [1.165, 1.54) is 31.0 Å². The van der Waals surface area contributed by atoms with E-state index in [9.17, 15) is 34.2 Å². The van der Waals surface area contributed by atoms with Crippen molar-refractivity contribution in [1.82, 2.24) is 10.4 Å². The molecule has 0 unspecified atom stereocenters. The number of hydroxylamine groups is 2. The molecule has 1 amide bonds. The summed E-state index contributed by atoms with van der Waals surface area (Å²) in [7, 11) is 3.09. The van der Waals surface area contributed by atoms with E-state index in [0.29, 0.717) is 0 Å². The maximum absolute atomic E-state index is 15.7. The van der Waals surface area contributed by atoms with Crippen LogP contribution in [0.25, 0.3) is 0 Å². The zero-order valence-corrected chi connectivity index (χ0v) is 36.9. The van der Waals surface area contributed by atoms with Gasteiger partial charge in [0, 0.05) is 38.3 Å². The number of carbonyl (C=O) groups excluding carboxylic acids is 6. The van der Waals surface area contributed by atoms with Gasteiger partial charge in [0.1, 0.15) is 6.10 Å². The molecule has 2 bridgehead atoms. The average molecular weight is 857 g/mol. The summed E-state index contributed by atoms with van der Waals surface area (Å²) in [6, 6.07) is 6.79. The molecule has 12 atom stereocenters. The predicted molar refractivity (Wildman–Crippen MR) is 213 cm³/mol. The van der Waals surface area contributed by atoms with Crippen molar-refractivity contribution in [3.05, 3.63) is 47.0 Å². The molecule has 0 aromatic heterocycles. The summed E-state index contributed by atoms with van der Waals surface area (Å²) in [5.74, 6) is -5.64. The van der Waals surface area contributed by atoms with Crippen molar-refractivity contribution in [2.24, 2.45) is 28.1 Å². The van der Waals surface area contributed by atoms with Crippen LogP contribution in [0.15, 0.2) is 41.5 Å². The van der Waals surface area contributed by atoms with Gasteiger partial charge in [-0.05, 0) is 49.5 Å². The van der Waals surface area contributed by atoms with Crippen LogP contribution < -0.4 is 5.32 Å². The second-order valence-corrected chi connectivity index (χ2v) is 19.4. The van der Waals surface area contributed by atoms with E-state index in [4.69, 9.17) is 33.3 Å². The predicted octanol–water partition coefficient (Wildman–Crippen LogP) is 3.22. The maximum Gasteiger partial charge on any atom is 0.509 e. The smallest absolute Gasteiger partial charge is 0.454 e. The molecule has 1 spiro atoms. The van der Waals surface area contributed by atoms with Crippen LogP contribution in [-0.2, 0) is 52.4 Å². The fraction of sp³-hybridized carbons (Fsp3) is 0.682. The Kier molecular flexibility index (Phi) is 12.1. The molecule has 2 saturated carbocycles. The number of ether oxygens (including phenoxy) is 6. The van der Waals surface area contributed by atoms with Crippen molar-refractivity contribution in [2.75, 3.05) is 20.7 Å². The van der Waals surface area contributed by atoms with Gasteiger partial charge >= 0.3 is 24.1 Å². The van der Waals surface area contributed by atoms with Gasteiger partial charge in [0.2, 0.25) is 11.5 Å². The molecular formula is C44H60N2O15. The molecule has 4 fully saturated rings. The average Bonchev–Trinajstić information content (AvgIpc) is 3.52. The van der Waals surface area contributed by atoms with E-state index in [-0.39, 0.29) is 42.1 Å². The first-order valence-corrected chi connectivity index (χ1v) is 20.7. The molecule has 5 aliphatic rings. The Hall–Kier alpha value is -4.42. The zero-order valence-electron chi connectivity index (χ0n) is 36.9. The van der Waals surface area contributed by atoms with E-state index >= 15 is 4.79 Å². The highest BCUT2D eigenvalue weighted by atomic mass is 16.8. The number of nitrogens with zero attached hydrogens (tertiary/aromatic N) is 1. The van der Waals surface area contributed by atoms with Gasteiger partial charge in [0.25, 0.3) is 0 Å². The van der Waals surface area contributed by atoms with Gasteiger partial charge in [-0.25, -0.2) is 14.4 Å². The first-order valence-electron chi connectivity index (χ1n) is 20.7. The number of ketones is 1. The molecule has 3 N–H and O–H groups in total. The molecule has 2 aliphatic heterocycles. The lowest BCUT2D eigenvalue weighted by molar-refractivity contribution is -0.347. The number of hydrogen-bond acceptors (Lipinski definition) is 16. The van der Waals surface area contributed by atoms with Crippen LogP contribution >= 0.6 is 0 Å². The van der Waals surface area contributed by atoms with E-state index in [1.54, 1.807) is 73.8 Å². The van der Waals surface area contributed by atoms with E-state index < -0.39 is 118 Å². The Bertz CT molecular complexity index is 1970. The van der Waals surface area contributed by atoms with Gasteiger partial charge in [0.15, 0.2) is 41.9 Å². The van der Waals surface area contributed by atoms with Crippen molar-refractivity contribution in [3.8, 4) is 0 Å². The van der Waals surface area contributed by atoms with Crippen LogP contribution in [0.5, 0.6) is 0 Å². The molecule has 336 valence electrons. The second kappa shape index (κ2) is 16.0. The third-order valence-corrected chi connectivity index (χ3v) is 13.3. The quantitative estimate of drug-likeness (QED) is 0.126. The lowest BCUT2D eigenvalue weighted by Crippen LogP contribution is -2.83. The summed E-state index contributed by atoms with van der Waals surface area (Å²) >= 11 is 0. The molecule has 17 nitrogen and oxygen atoms in total. The number of nitrogens with one attached hydrogen (secondary N) is 1. The minimum absolute atomic E-state index is 0.0732. The Labute approximate surface area is 355 Å². The summed E-state index contributed by atoms with van der Waals surface area (Å²) in [4.78, 5) is 91.1. The highest BCUT2D eigenvalue weighted by molar-refractivity contribution is 5.95. The number of fused-ring (bicyclic) bond motifs is 4. The fourth-order valence-corrected chi connectivity index (χ4v) is 10.3. The van der Waals surface area contributed by atoms with Crippen molar-refractivity contribution < 1.29 is 72.2 Å². The van der Waals surface area contributed by atoms with Crippen LogP contribution in [0.1, 0.15) is 92.4 Å². The van der Waals surface area contributed by atoms with Crippen molar-refractivity contribution >= 4 is 35.8 Å². The Balaban J connectivity index is 1.63. The molecule has 0 radical (unpaired) electrons. The summed E-state index contributed by atoms with van der Waals surface area (Å²) in [6.45, 7) is 16.0. The van der Waals surface area contributed by atoms with Gasteiger partial charge < -0.3 is 44.0 Å². The number of aliphatic hydroxyl groups excluding tert-OH is 2. The van der Waals surface area contributed by atoms with Crippen LogP contribution in [0.4, 0.5) is 4.79 Å². The first-order chi connectivity index (χ1) is 28.2. The highest BCUT2D eigenvalue weighted by Crippen LogP contribution is 2.67. The summed E-state index contributed by atoms with van der Waals surface area (Å²) in [6.07, 6.45) is -12.4. The lowest BCUT2D eigenvalue weighted by Gasteiger charge is -2.67. The SMILES string of the molecule is CC(=O)O[C@@]12CO[C@@H]1C[C@H](O)[C@@]1(C)C(=O)[C@H](ON(C)C)C3=C(C)[C@@H](OC(=O)[C@H](O)[C@H](CC(C)C)NC(=O)C(C)(C)C)[C@@H]4OC(=O)O[C@]4([C@@H](OC(=O)c4ccccc4)[C@H]21)C3(C)C. The van der Waals surface area contributed by atoms with Crippen LogP contribution in [0, 0.1) is 28.1 Å². The molecule has 2 saturated heterocycles. The third-order valence-electron chi connectivity index (χ3n) is 13.3. The number of aliphatic hydroxyl groups is 2. The van der Waals surface area contributed by atoms with Crippen molar-refractivity contribution in [1.29, 1.82) is 0 Å². The van der Waals surface area contributed by atoms with Gasteiger partial charge in [-0.3, -0.25) is 19.2 Å². The number of hydrogen-bond donors (Lipinski definition) is 3. The molecule has 1 aromatic carbocycles. The topological polar surface area (TPSA) is 223 Å². The molecular weight excluding hydrogens is 796 g/mol. The lowest BCUT2D eigenvalue weighted by atomic mass is 9.44. The van der Waals surface area contributed by atoms with Crippen molar-refractivity contribution in [3.63, 3.8) is 0 Å². The van der Waals surface area contributed by atoms with Gasteiger partial charge in [-0.15, -0.1) is 0 Å². The largest absolute Gasteiger partial charge is 0.509 e. The number of benzene rings is 1. The van der Waals surface area contributed by atoms with E-state index in [0.717, 1.165) is 0 Å². The van der Waals surface area contributed by atoms with Crippen molar-refractivity contribution in [2.45, 2.75) is 142 Å². The Morgan fingerprint density at radius 1 is 1.03 bits per heavy atom. The molecule has 17 heteroatoms. The molecule has 1 aromatic rings. The minimum Gasteiger partial charge on any atom is -0.454 e. The number of Topliss-reactive ketones (excluding diaryl/α,β-unsaturated/α-hetero) is 1. The molecule has 61 heavy (non-hydrogen) atoms. The van der Waals surface area contributed by atoms with E-state index in [2.05, 4.69) is 5.32 Å². The fourth-order valence-electron chi connectivity index (χ4n) is 10.3. The maximum atomic E-state index is 15.7. The van der Waals surface area contributed by atoms with Gasteiger partial charge in [-0.1, -0.05) is 66.7 Å². The summed E-state index contributed by atoms with van der Waals surface area (Å²) in [5, 5.41) is 28.0. The van der Waals surface area contributed by atoms with Gasteiger partial charge in [0.05, 0.1) is 35.6 Å². The minimum atomic E-state index is -2.25. The molecule has 3 aliphatic carbocycles. The van der Waals surface area contributed by atoms with Crippen LogP contribution in [0.3, 0.4) is 0 Å². The number of rotatable bonds is 11.